The minimum Gasteiger partial charge on any atom is -0.309 e. The fraction of sp³-hybridized carbons (Fsp3) is 0. The van der Waals surface area contributed by atoms with E-state index in [9.17, 15) is 0 Å². The molecule has 3 heterocycles. The van der Waals surface area contributed by atoms with Crippen LogP contribution in [0.3, 0.4) is 0 Å². The van der Waals surface area contributed by atoms with Crippen LogP contribution in [-0.2, 0) is 0 Å². The highest BCUT2D eigenvalue weighted by atomic mass is 32.1. The molecule has 2 nitrogen and oxygen atoms in total. The summed E-state index contributed by atoms with van der Waals surface area (Å²) >= 11 is 1.85. The number of hydrogen-bond acceptors (Lipinski definition) is 1. The Balaban J connectivity index is 1.10. The van der Waals surface area contributed by atoms with Crippen LogP contribution in [0.5, 0.6) is 0 Å². The van der Waals surface area contributed by atoms with Gasteiger partial charge in [0.2, 0.25) is 0 Å². The van der Waals surface area contributed by atoms with E-state index in [0.29, 0.717) is 0 Å². The third kappa shape index (κ3) is 4.10. The molecule has 0 spiro atoms. The van der Waals surface area contributed by atoms with Gasteiger partial charge < -0.3 is 9.13 Å². The van der Waals surface area contributed by atoms with E-state index in [1.165, 1.54) is 86.6 Å². The van der Waals surface area contributed by atoms with Crippen LogP contribution in [0.2, 0.25) is 0 Å². The summed E-state index contributed by atoms with van der Waals surface area (Å²) in [5, 5.41) is 6.36. The van der Waals surface area contributed by atoms with Crippen LogP contribution in [0.15, 0.2) is 170 Å². The first kappa shape index (κ1) is 26.3. The Hall–Kier alpha value is -5.90. The molecule has 3 heteroatoms. The lowest BCUT2D eigenvalue weighted by molar-refractivity contribution is 1.18. The lowest BCUT2D eigenvalue weighted by Crippen LogP contribution is -1.93. The van der Waals surface area contributed by atoms with Crippen molar-refractivity contribution in [1.82, 2.24) is 9.13 Å². The normalized spacial score (nSPS) is 11.8. The minimum atomic E-state index is 1.17. The molecule has 0 saturated carbocycles. The highest BCUT2D eigenvalue weighted by Gasteiger charge is 2.16. The number of rotatable bonds is 4. The Kier molecular flexibility index (Phi) is 5.78. The summed E-state index contributed by atoms with van der Waals surface area (Å²) in [5.74, 6) is 0. The Morgan fingerprint density at radius 1 is 0.340 bits per heavy atom. The maximum atomic E-state index is 2.40. The van der Waals surface area contributed by atoms with Crippen molar-refractivity contribution < 1.29 is 0 Å². The molecule has 0 fully saturated rings. The van der Waals surface area contributed by atoms with Crippen molar-refractivity contribution in [2.45, 2.75) is 0 Å². The molecule has 0 aliphatic carbocycles. The van der Waals surface area contributed by atoms with Gasteiger partial charge >= 0.3 is 0 Å². The molecule has 0 saturated heterocycles. The molecule has 10 aromatic rings. The maximum absolute atomic E-state index is 2.40. The fourth-order valence-electron chi connectivity index (χ4n) is 7.34. The molecule has 7 aromatic carbocycles. The molecule has 10 rings (SSSR count). The zero-order chi connectivity index (χ0) is 30.9. The Morgan fingerprint density at radius 2 is 0.830 bits per heavy atom. The average molecular weight is 617 g/mol. The standard InChI is InChI=1S/C44H28N2S/c1-2-11-33(12-3-1)45-39-15-7-5-13-35(39)37-26-30(20-24-41(37)45)31-21-25-42-38(27-31)36-14-6-8-16-40(36)46(42)34-22-18-29(19-23-34)44-28-32-10-4-9-17-43(32)47-44/h1-28H. The molecule has 0 amide bonds. The van der Waals surface area contributed by atoms with Crippen molar-refractivity contribution in [2.75, 3.05) is 0 Å². The van der Waals surface area contributed by atoms with Gasteiger partial charge in [-0.15, -0.1) is 11.3 Å². The van der Waals surface area contributed by atoms with Gasteiger partial charge in [0, 0.05) is 42.5 Å². The molecule has 0 atom stereocenters. The van der Waals surface area contributed by atoms with Gasteiger partial charge in [0.05, 0.1) is 22.1 Å². The average Bonchev–Trinajstić information content (AvgIpc) is 3.82. The molecule has 220 valence electrons. The van der Waals surface area contributed by atoms with Gasteiger partial charge in [-0.2, -0.15) is 0 Å². The number of nitrogens with zero attached hydrogens (tertiary/aromatic N) is 2. The van der Waals surface area contributed by atoms with Crippen LogP contribution in [0.1, 0.15) is 0 Å². The first-order valence-corrected chi connectivity index (χ1v) is 16.8. The number of para-hydroxylation sites is 3. The quantitative estimate of drug-likeness (QED) is 0.186. The van der Waals surface area contributed by atoms with Gasteiger partial charge in [-0.05, 0) is 94.9 Å². The predicted molar refractivity (Wildman–Crippen MR) is 201 cm³/mol. The number of benzene rings is 7. The molecule has 0 unspecified atom stereocenters. The van der Waals surface area contributed by atoms with Crippen molar-refractivity contribution in [3.8, 4) is 32.9 Å². The molecule has 3 aromatic heterocycles. The van der Waals surface area contributed by atoms with Crippen LogP contribution < -0.4 is 0 Å². The second-order valence-electron chi connectivity index (χ2n) is 12.2. The van der Waals surface area contributed by atoms with Crippen molar-refractivity contribution in [3.05, 3.63) is 170 Å². The van der Waals surface area contributed by atoms with E-state index < -0.39 is 0 Å². The monoisotopic (exact) mass is 616 g/mol. The van der Waals surface area contributed by atoms with Crippen LogP contribution in [0, 0.1) is 0 Å². The molecular formula is C44H28N2S. The lowest BCUT2D eigenvalue weighted by atomic mass is 10.0. The summed E-state index contributed by atoms with van der Waals surface area (Å²) in [6, 6.07) is 62.0. The Bertz CT molecular complexity index is 2740. The van der Waals surface area contributed by atoms with E-state index in [0.717, 1.165) is 0 Å². The van der Waals surface area contributed by atoms with Crippen LogP contribution in [0.4, 0.5) is 0 Å². The summed E-state index contributed by atoms with van der Waals surface area (Å²) in [6.07, 6.45) is 0. The van der Waals surface area contributed by atoms with Crippen LogP contribution in [-0.4, -0.2) is 9.13 Å². The van der Waals surface area contributed by atoms with Gasteiger partial charge in [0.1, 0.15) is 0 Å². The van der Waals surface area contributed by atoms with Crippen molar-refractivity contribution in [3.63, 3.8) is 0 Å². The maximum Gasteiger partial charge on any atom is 0.0541 e. The first-order chi connectivity index (χ1) is 23.3. The first-order valence-electron chi connectivity index (χ1n) is 16.0. The highest BCUT2D eigenvalue weighted by Crippen LogP contribution is 2.39. The number of thiophene rings is 1. The predicted octanol–water partition coefficient (Wildman–Crippen LogP) is 12.4. The second-order valence-corrected chi connectivity index (χ2v) is 13.3. The van der Waals surface area contributed by atoms with Crippen molar-refractivity contribution in [2.24, 2.45) is 0 Å². The van der Waals surface area contributed by atoms with Gasteiger partial charge in [-0.25, -0.2) is 0 Å². The van der Waals surface area contributed by atoms with E-state index in [2.05, 4.69) is 179 Å². The van der Waals surface area contributed by atoms with Crippen molar-refractivity contribution >= 4 is 65.0 Å². The number of aromatic nitrogens is 2. The molecule has 0 bridgehead atoms. The van der Waals surface area contributed by atoms with Gasteiger partial charge in [-0.3, -0.25) is 0 Å². The van der Waals surface area contributed by atoms with Crippen molar-refractivity contribution in [1.29, 1.82) is 0 Å². The third-order valence-corrected chi connectivity index (χ3v) is 10.7. The fourth-order valence-corrected chi connectivity index (χ4v) is 8.41. The third-order valence-electron chi connectivity index (χ3n) is 9.53. The summed E-state index contributed by atoms with van der Waals surface area (Å²) in [5.41, 5.74) is 10.9. The van der Waals surface area contributed by atoms with Gasteiger partial charge in [-0.1, -0.05) is 97.1 Å². The van der Waals surface area contributed by atoms with E-state index in [1.807, 2.05) is 11.3 Å². The smallest absolute Gasteiger partial charge is 0.0541 e. The van der Waals surface area contributed by atoms with Gasteiger partial charge in [0.15, 0.2) is 0 Å². The SMILES string of the molecule is c1ccc(-n2c3ccccc3c3cc(-c4ccc5c(c4)c4ccccc4n5-c4ccc(-c5cc6ccccc6s5)cc4)ccc32)cc1. The topological polar surface area (TPSA) is 9.86 Å². The zero-order valence-electron chi connectivity index (χ0n) is 25.5. The summed E-state index contributed by atoms with van der Waals surface area (Å²) < 4.78 is 6.10. The van der Waals surface area contributed by atoms with E-state index in [4.69, 9.17) is 0 Å². The molecule has 47 heavy (non-hydrogen) atoms. The molecule has 0 aliphatic heterocycles. The Labute approximate surface area is 276 Å². The molecular weight excluding hydrogens is 589 g/mol. The minimum absolute atomic E-state index is 1.17. The van der Waals surface area contributed by atoms with E-state index >= 15 is 0 Å². The summed E-state index contributed by atoms with van der Waals surface area (Å²) in [4.78, 5) is 1.30. The molecule has 0 aliphatic rings. The molecule has 0 N–H and O–H groups in total. The molecule has 0 radical (unpaired) electrons. The second kappa shape index (κ2) is 10.3. The zero-order valence-corrected chi connectivity index (χ0v) is 26.3. The van der Waals surface area contributed by atoms with Crippen LogP contribution in [0.25, 0.3) is 86.6 Å². The number of hydrogen-bond donors (Lipinski definition) is 0. The van der Waals surface area contributed by atoms with Crippen LogP contribution >= 0.6 is 11.3 Å². The largest absolute Gasteiger partial charge is 0.309 e. The van der Waals surface area contributed by atoms with E-state index in [1.54, 1.807) is 0 Å². The number of fused-ring (bicyclic) bond motifs is 7. The highest BCUT2D eigenvalue weighted by molar-refractivity contribution is 7.22. The van der Waals surface area contributed by atoms with E-state index in [-0.39, 0.29) is 0 Å². The van der Waals surface area contributed by atoms with Gasteiger partial charge in [0.25, 0.3) is 0 Å². The lowest BCUT2D eigenvalue weighted by Gasteiger charge is -2.10. The summed E-state index contributed by atoms with van der Waals surface area (Å²) in [7, 11) is 0. The Morgan fingerprint density at radius 3 is 1.45 bits per heavy atom. The summed E-state index contributed by atoms with van der Waals surface area (Å²) in [6.45, 7) is 0.